The van der Waals surface area contributed by atoms with Crippen molar-refractivity contribution < 1.29 is 37.4 Å². The average molecular weight is 509 g/mol. The summed E-state index contributed by atoms with van der Waals surface area (Å²) in [5.74, 6) is -2.84. The van der Waals surface area contributed by atoms with E-state index in [1.165, 1.54) is 0 Å². The number of ether oxygens (including phenoxy) is 1. The van der Waals surface area contributed by atoms with Gasteiger partial charge in [0.25, 0.3) is 5.91 Å². The number of halogens is 3. The molecule has 11 heteroatoms. The molecule has 1 fully saturated rings. The first kappa shape index (κ1) is 24.9. The molecule has 2 aromatic rings. The molecule has 2 unspecified atom stereocenters. The molecule has 0 saturated carbocycles. The highest BCUT2D eigenvalue weighted by atomic mass is 32.2. The fourth-order valence-corrected chi connectivity index (χ4v) is 5.42. The maximum absolute atomic E-state index is 14.0. The highest BCUT2D eigenvalue weighted by molar-refractivity contribution is 8.00. The summed E-state index contributed by atoms with van der Waals surface area (Å²) >= 11 is 1.05. The molecule has 4 rings (SSSR count). The number of fused-ring (bicyclic) bond motifs is 3. The number of hydrogen-bond acceptors (Lipinski definition) is 5. The van der Waals surface area contributed by atoms with Gasteiger partial charge in [-0.3, -0.25) is 14.9 Å². The monoisotopic (exact) mass is 508 g/mol. The van der Waals surface area contributed by atoms with Crippen molar-refractivity contribution in [3.8, 4) is 11.1 Å². The minimum absolute atomic E-state index is 0.0642. The molecule has 0 aromatic heterocycles. The van der Waals surface area contributed by atoms with Crippen LogP contribution in [0.3, 0.4) is 0 Å². The van der Waals surface area contributed by atoms with Crippen LogP contribution in [0.15, 0.2) is 48.5 Å². The molecule has 0 bridgehead atoms. The zero-order valence-corrected chi connectivity index (χ0v) is 19.5. The summed E-state index contributed by atoms with van der Waals surface area (Å²) in [5, 5.41) is 9.86. The number of amides is 2. The number of carbonyl (C=O) groups is 3. The van der Waals surface area contributed by atoms with Crippen molar-refractivity contribution in [2.45, 2.75) is 29.8 Å². The molecule has 2 N–H and O–H groups in total. The van der Waals surface area contributed by atoms with Crippen molar-refractivity contribution in [3.63, 3.8) is 0 Å². The van der Waals surface area contributed by atoms with Crippen LogP contribution in [0, 0.1) is 0 Å². The van der Waals surface area contributed by atoms with Crippen LogP contribution < -0.4 is 5.32 Å². The van der Waals surface area contributed by atoms with E-state index in [-0.39, 0.29) is 24.8 Å². The van der Waals surface area contributed by atoms with Gasteiger partial charge in [0.05, 0.1) is 0 Å². The number of nitrogens with one attached hydrogen (secondary N) is 1. The molecule has 2 amide bonds. The maximum Gasteiger partial charge on any atom is 0.420 e. The number of alkyl carbamates (subject to hydrolysis) is 1. The minimum atomic E-state index is -5.14. The van der Waals surface area contributed by atoms with Crippen molar-refractivity contribution >= 4 is 29.7 Å². The van der Waals surface area contributed by atoms with Gasteiger partial charge in [0.1, 0.15) is 11.9 Å². The third-order valence-electron chi connectivity index (χ3n) is 6.32. The number of aliphatic carboxylic acids is 1. The second kappa shape index (κ2) is 9.44. The van der Waals surface area contributed by atoms with Crippen LogP contribution in [0.4, 0.5) is 18.0 Å². The molecular weight excluding hydrogens is 485 g/mol. The Morgan fingerprint density at radius 1 is 1.09 bits per heavy atom. The van der Waals surface area contributed by atoms with E-state index in [2.05, 4.69) is 0 Å². The standard InChI is InChI=1S/C24H23F3N2O5S/c1-23(24(25,26)27,21(32)29-10-11-35-19(12-29)20(30)31)28-22(33)34-13-18-16-8-4-2-6-14(16)15-7-3-5-9-17(15)18/h2-9,18-19H,10-13H2,1H3,(H,28,33)(H,30,31). The third-order valence-corrected chi connectivity index (χ3v) is 7.49. The number of alkyl halides is 3. The summed E-state index contributed by atoms with van der Waals surface area (Å²) in [5.41, 5.74) is 0.427. The zero-order valence-electron chi connectivity index (χ0n) is 18.7. The summed E-state index contributed by atoms with van der Waals surface area (Å²) in [7, 11) is 0. The van der Waals surface area contributed by atoms with Gasteiger partial charge in [0.2, 0.25) is 5.54 Å². The van der Waals surface area contributed by atoms with Crippen LogP contribution in [0.5, 0.6) is 0 Å². The van der Waals surface area contributed by atoms with Gasteiger partial charge in [-0.05, 0) is 29.2 Å². The largest absolute Gasteiger partial charge is 0.480 e. The quantitative estimate of drug-likeness (QED) is 0.637. The Morgan fingerprint density at radius 2 is 1.66 bits per heavy atom. The van der Waals surface area contributed by atoms with Crippen molar-refractivity contribution in [2.75, 3.05) is 25.4 Å². The minimum Gasteiger partial charge on any atom is -0.480 e. The van der Waals surface area contributed by atoms with E-state index in [0.717, 1.165) is 38.9 Å². The molecule has 0 radical (unpaired) electrons. The van der Waals surface area contributed by atoms with Gasteiger partial charge < -0.3 is 14.7 Å². The number of carbonyl (C=O) groups excluding carboxylic acids is 2. The van der Waals surface area contributed by atoms with E-state index in [9.17, 15) is 32.7 Å². The number of benzene rings is 2. The summed E-state index contributed by atoms with van der Waals surface area (Å²) < 4.78 is 47.3. The Kier molecular flexibility index (Phi) is 6.72. The Balaban J connectivity index is 1.49. The topological polar surface area (TPSA) is 95.9 Å². The van der Waals surface area contributed by atoms with Crippen molar-refractivity contribution in [1.82, 2.24) is 10.2 Å². The second-order valence-corrected chi connectivity index (χ2v) is 9.83. The molecule has 2 aromatic carbocycles. The highest BCUT2D eigenvalue weighted by Crippen LogP contribution is 2.44. The molecule has 1 aliphatic carbocycles. The molecule has 1 heterocycles. The first-order valence-corrected chi connectivity index (χ1v) is 11.9. The molecule has 35 heavy (non-hydrogen) atoms. The van der Waals surface area contributed by atoms with E-state index < -0.39 is 41.5 Å². The van der Waals surface area contributed by atoms with Gasteiger partial charge in [0, 0.05) is 24.8 Å². The Bertz CT molecular complexity index is 1110. The van der Waals surface area contributed by atoms with Crippen LogP contribution in [-0.4, -0.2) is 70.4 Å². The molecular formula is C24H23F3N2O5S. The lowest BCUT2D eigenvalue weighted by Gasteiger charge is -2.38. The second-order valence-electron chi connectivity index (χ2n) is 8.52. The predicted molar refractivity (Wildman–Crippen MR) is 123 cm³/mol. The van der Waals surface area contributed by atoms with E-state index >= 15 is 0 Å². The third kappa shape index (κ3) is 4.69. The van der Waals surface area contributed by atoms with Crippen LogP contribution in [0.1, 0.15) is 24.0 Å². The van der Waals surface area contributed by atoms with E-state index in [1.807, 2.05) is 48.5 Å². The lowest BCUT2D eigenvalue weighted by molar-refractivity contribution is -0.200. The molecule has 7 nitrogen and oxygen atoms in total. The van der Waals surface area contributed by atoms with Gasteiger partial charge in [0.15, 0.2) is 0 Å². The SMILES string of the molecule is CC(NC(=O)OCC1c2ccccc2-c2ccccc21)(C(=O)N1CCSC(C(=O)O)C1)C(F)(F)F. The van der Waals surface area contributed by atoms with Gasteiger partial charge in [-0.25, -0.2) is 4.79 Å². The van der Waals surface area contributed by atoms with Gasteiger partial charge in [-0.15, -0.1) is 11.8 Å². The van der Waals surface area contributed by atoms with Crippen LogP contribution in [0.2, 0.25) is 0 Å². The molecule has 2 aliphatic rings. The summed E-state index contributed by atoms with van der Waals surface area (Å²) in [6.45, 7) is -0.111. The lowest BCUT2D eigenvalue weighted by atomic mass is 9.98. The zero-order chi connectivity index (χ0) is 25.4. The van der Waals surface area contributed by atoms with Gasteiger partial charge in [-0.1, -0.05) is 48.5 Å². The molecule has 1 saturated heterocycles. The number of thioether (sulfide) groups is 1. The summed E-state index contributed by atoms with van der Waals surface area (Å²) in [6.07, 6.45) is -6.53. The lowest BCUT2D eigenvalue weighted by Crippen LogP contribution is -2.67. The Hall–Kier alpha value is -3.21. The van der Waals surface area contributed by atoms with E-state index in [0.29, 0.717) is 6.92 Å². The van der Waals surface area contributed by atoms with E-state index in [1.54, 1.807) is 5.32 Å². The Labute approximate surface area is 203 Å². The molecule has 2 atom stereocenters. The molecule has 1 aliphatic heterocycles. The first-order chi connectivity index (χ1) is 16.5. The summed E-state index contributed by atoms with van der Waals surface area (Å²) in [6, 6.07) is 15.0. The predicted octanol–water partition coefficient (Wildman–Crippen LogP) is 3.87. The number of rotatable bonds is 5. The van der Waals surface area contributed by atoms with E-state index in [4.69, 9.17) is 4.74 Å². The first-order valence-electron chi connectivity index (χ1n) is 10.9. The number of carboxylic acid groups (broad SMARTS) is 1. The summed E-state index contributed by atoms with van der Waals surface area (Å²) in [4.78, 5) is 37.5. The number of nitrogens with zero attached hydrogens (tertiary/aromatic N) is 1. The number of hydrogen-bond donors (Lipinski definition) is 2. The molecule has 186 valence electrons. The fourth-order valence-electron chi connectivity index (χ4n) is 4.38. The Morgan fingerprint density at radius 3 is 2.20 bits per heavy atom. The molecule has 0 spiro atoms. The highest BCUT2D eigenvalue weighted by Gasteiger charge is 2.60. The van der Waals surface area contributed by atoms with Crippen molar-refractivity contribution in [2.24, 2.45) is 0 Å². The smallest absolute Gasteiger partial charge is 0.420 e. The van der Waals surface area contributed by atoms with Crippen LogP contribution in [-0.2, 0) is 14.3 Å². The fraction of sp³-hybridized carbons (Fsp3) is 0.375. The average Bonchev–Trinajstić information content (AvgIpc) is 3.15. The van der Waals surface area contributed by atoms with Gasteiger partial charge in [-0.2, -0.15) is 13.2 Å². The van der Waals surface area contributed by atoms with Crippen LogP contribution in [0.25, 0.3) is 11.1 Å². The maximum atomic E-state index is 14.0. The van der Waals surface area contributed by atoms with Crippen molar-refractivity contribution in [3.05, 3.63) is 59.7 Å². The number of carboxylic acids is 1. The normalized spacial score (nSPS) is 19.3. The van der Waals surface area contributed by atoms with Crippen LogP contribution >= 0.6 is 11.8 Å². The van der Waals surface area contributed by atoms with Gasteiger partial charge >= 0.3 is 18.2 Å². The van der Waals surface area contributed by atoms with Crippen molar-refractivity contribution in [1.29, 1.82) is 0 Å².